The van der Waals surface area contributed by atoms with E-state index in [4.69, 9.17) is 5.73 Å². The molecule has 0 aromatic heterocycles. The molecule has 1 aliphatic rings. The molecule has 1 fully saturated rings. The van der Waals surface area contributed by atoms with Gasteiger partial charge in [-0.1, -0.05) is 20.3 Å². The normalized spacial score (nSPS) is 24.9. The van der Waals surface area contributed by atoms with Crippen LogP contribution in [0.3, 0.4) is 0 Å². The van der Waals surface area contributed by atoms with Gasteiger partial charge in [0, 0.05) is 18.6 Å². The van der Waals surface area contributed by atoms with Crippen molar-refractivity contribution in [2.45, 2.75) is 52.0 Å². The van der Waals surface area contributed by atoms with Gasteiger partial charge in [-0.2, -0.15) is 0 Å². The summed E-state index contributed by atoms with van der Waals surface area (Å²) in [6, 6.07) is 0. The Hall–Kier alpha value is -0.0800. The fraction of sp³-hybridized carbons (Fsp3) is 1.00. The van der Waals surface area contributed by atoms with Crippen molar-refractivity contribution in [3.05, 3.63) is 0 Å². The molecule has 0 saturated heterocycles. The van der Waals surface area contributed by atoms with E-state index in [2.05, 4.69) is 26.1 Å². The van der Waals surface area contributed by atoms with Crippen molar-refractivity contribution < 1.29 is 0 Å². The maximum Gasteiger partial charge on any atom is 0.0249 e. The van der Waals surface area contributed by atoms with Gasteiger partial charge in [0.1, 0.15) is 0 Å². The Balaban J connectivity index is 2.13. The van der Waals surface area contributed by atoms with Gasteiger partial charge in [0.05, 0.1) is 0 Å². The van der Waals surface area contributed by atoms with Crippen LogP contribution in [-0.2, 0) is 0 Å². The lowest BCUT2D eigenvalue weighted by Gasteiger charge is -2.39. The van der Waals surface area contributed by atoms with Crippen LogP contribution < -0.4 is 11.1 Å². The molecule has 2 nitrogen and oxygen atoms in total. The first-order chi connectivity index (χ1) is 5.97. The zero-order valence-corrected chi connectivity index (χ0v) is 9.32. The zero-order chi connectivity index (χ0) is 9.95. The van der Waals surface area contributed by atoms with Crippen LogP contribution in [-0.4, -0.2) is 18.6 Å². The molecule has 1 atom stereocenters. The van der Waals surface area contributed by atoms with Crippen LogP contribution in [0.5, 0.6) is 0 Å². The summed E-state index contributed by atoms with van der Waals surface area (Å²) >= 11 is 0. The van der Waals surface area contributed by atoms with Crippen molar-refractivity contribution in [2.75, 3.05) is 13.1 Å². The number of nitrogens with one attached hydrogen (secondary N) is 1. The molecule has 3 N–H and O–H groups in total. The minimum Gasteiger partial charge on any atom is -0.324 e. The largest absolute Gasteiger partial charge is 0.324 e. The highest BCUT2D eigenvalue weighted by molar-refractivity contribution is 4.87. The van der Waals surface area contributed by atoms with Crippen molar-refractivity contribution in [2.24, 2.45) is 11.1 Å². The fourth-order valence-electron chi connectivity index (χ4n) is 1.73. The molecule has 1 saturated carbocycles. The summed E-state index contributed by atoms with van der Waals surface area (Å²) in [5, 5.41) is 3.49. The second kappa shape index (κ2) is 3.97. The molecule has 0 aromatic rings. The third kappa shape index (κ3) is 3.28. The average molecular weight is 184 g/mol. The van der Waals surface area contributed by atoms with Gasteiger partial charge in [-0.05, 0) is 31.6 Å². The summed E-state index contributed by atoms with van der Waals surface area (Å²) in [6.45, 7) is 8.71. The third-order valence-corrected chi connectivity index (χ3v) is 3.45. The Labute approximate surface area is 82.3 Å². The molecule has 0 spiro atoms. The van der Waals surface area contributed by atoms with Gasteiger partial charge in [0.25, 0.3) is 0 Å². The van der Waals surface area contributed by atoms with E-state index >= 15 is 0 Å². The Kier molecular flexibility index (Phi) is 3.36. The van der Waals surface area contributed by atoms with E-state index in [-0.39, 0.29) is 5.54 Å². The average Bonchev–Trinajstić information content (AvgIpc) is 2.01. The monoisotopic (exact) mass is 184 g/mol. The van der Waals surface area contributed by atoms with Crippen LogP contribution in [0.1, 0.15) is 46.5 Å². The van der Waals surface area contributed by atoms with Crippen molar-refractivity contribution in [1.82, 2.24) is 5.32 Å². The highest BCUT2D eigenvalue weighted by Gasteiger charge is 2.31. The molecule has 0 aliphatic heterocycles. The predicted molar refractivity (Wildman–Crippen MR) is 57.7 cm³/mol. The van der Waals surface area contributed by atoms with Crippen LogP contribution in [0.25, 0.3) is 0 Å². The first-order valence-corrected chi connectivity index (χ1v) is 5.47. The minimum atomic E-state index is -0.0277. The Morgan fingerprint density at radius 2 is 2.08 bits per heavy atom. The predicted octanol–water partition coefficient (Wildman–Crippen LogP) is 1.89. The molecule has 0 heterocycles. The van der Waals surface area contributed by atoms with E-state index in [0.29, 0.717) is 5.41 Å². The van der Waals surface area contributed by atoms with Crippen molar-refractivity contribution >= 4 is 0 Å². The summed E-state index contributed by atoms with van der Waals surface area (Å²) in [7, 11) is 0. The minimum absolute atomic E-state index is 0.0277. The quantitative estimate of drug-likeness (QED) is 0.685. The van der Waals surface area contributed by atoms with E-state index in [9.17, 15) is 0 Å². The first kappa shape index (κ1) is 11.0. The summed E-state index contributed by atoms with van der Waals surface area (Å²) < 4.78 is 0. The topological polar surface area (TPSA) is 38.0 Å². The van der Waals surface area contributed by atoms with Crippen molar-refractivity contribution in [1.29, 1.82) is 0 Å². The molecule has 2 heteroatoms. The van der Waals surface area contributed by atoms with Gasteiger partial charge in [-0.3, -0.25) is 0 Å². The summed E-state index contributed by atoms with van der Waals surface area (Å²) in [5.74, 6) is 0. The molecule has 0 amide bonds. The standard InChI is InChI=1S/C11H24N2/c1-4-11(3,12)9-13-8-10(2)6-5-7-10/h13H,4-9,12H2,1-3H3. The molecular weight excluding hydrogens is 160 g/mol. The van der Waals surface area contributed by atoms with Gasteiger partial charge in [0.15, 0.2) is 0 Å². The van der Waals surface area contributed by atoms with E-state index in [0.717, 1.165) is 19.5 Å². The van der Waals surface area contributed by atoms with E-state index in [1.807, 2.05) is 0 Å². The van der Waals surface area contributed by atoms with Crippen LogP contribution in [0.15, 0.2) is 0 Å². The lowest BCUT2D eigenvalue weighted by molar-refractivity contribution is 0.153. The van der Waals surface area contributed by atoms with Gasteiger partial charge < -0.3 is 11.1 Å². The lowest BCUT2D eigenvalue weighted by Crippen LogP contribution is -2.48. The van der Waals surface area contributed by atoms with Crippen molar-refractivity contribution in [3.8, 4) is 0 Å². The SMILES string of the molecule is CCC(C)(N)CNCC1(C)CCC1. The summed E-state index contributed by atoms with van der Waals surface area (Å²) in [6.07, 6.45) is 5.21. The van der Waals surface area contributed by atoms with Crippen molar-refractivity contribution in [3.63, 3.8) is 0 Å². The number of nitrogens with two attached hydrogens (primary N) is 1. The zero-order valence-electron chi connectivity index (χ0n) is 9.32. The van der Waals surface area contributed by atoms with Crippen LogP contribution in [0.4, 0.5) is 0 Å². The molecule has 1 rings (SSSR count). The molecule has 0 radical (unpaired) electrons. The third-order valence-electron chi connectivity index (χ3n) is 3.45. The van der Waals surface area contributed by atoms with Gasteiger partial charge in [-0.25, -0.2) is 0 Å². The first-order valence-electron chi connectivity index (χ1n) is 5.47. The van der Waals surface area contributed by atoms with E-state index < -0.39 is 0 Å². The van der Waals surface area contributed by atoms with E-state index in [1.54, 1.807) is 0 Å². The molecule has 1 aliphatic carbocycles. The lowest BCUT2D eigenvalue weighted by atomic mass is 9.70. The fourth-order valence-corrected chi connectivity index (χ4v) is 1.73. The second-order valence-electron chi connectivity index (χ2n) is 5.28. The van der Waals surface area contributed by atoms with Crippen LogP contribution in [0.2, 0.25) is 0 Å². The Bertz CT molecular complexity index is 148. The molecule has 78 valence electrons. The van der Waals surface area contributed by atoms with Gasteiger partial charge in [-0.15, -0.1) is 0 Å². The van der Waals surface area contributed by atoms with Gasteiger partial charge in [0.2, 0.25) is 0 Å². The van der Waals surface area contributed by atoms with E-state index in [1.165, 1.54) is 19.3 Å². The summed E-state index contributed by atoms with van der Waals surface area (Å²) in [5.41, 5.74) is 6.59. The second-order valence-corrected chi connectivity index (χ2v) is 5.28. The molecule has 0 aromatic carbocycles. The highest BCUT2D eigenvalue weighted by Crippen LogP contribution is 2.39. The van der Waals surface area contributed by atoms with Gasteiger partial charge >= 0.3 is 0 Å². The highest BCUT2D eigenvalue weighted by atomic mass is 14.9. The number of rotatable bonds is 5. The molecule has 1 unspecified atom stereocenters. The maximum absolute atomic E-state index is 6.04. The number of hydrogen-bond acceptors (Lipinski definition) is 2. The molecule has 13 heavy (non-hydrogen) atoms. The Morgan fingerprint density at radius 1 is 1.46 bits per heavy atom. The van der Waals surface area contributed by atoms with Crippen LogP contribution in [0, 0.1) is 5.41 Å². The smallest absolute Gasteiger partial charge is 0.0249 e. The van der Waals surface area contributed by atoms with Crippen LogP contribution >= 0.6 is 0 Å². The maximum atomic E-state index is 6.04. The summed E-state index contributed by atoms with van der Waals surface area (Å²) in [4.78, 5) is 0. The molecule has 0 bridgehead atoms. The molecular formula is C11H24N2. The number of hydrogen-bond donors (Lipinski definition) is 2. The Morgan fingerprint density at radius 3 is 2.46 bits per heavy atom.